The van der Waals surface area contributed by atoms with Gasteiger partial charge in [0.05, 0.1) is 19.9 Å². The molecule has 0 radical (unpaired) electrons. The van der Waals surface area contributed by atoms with Gasteiger partial charge in [0.25, 0.3) is 0 Å². The van der Waals surface area contributed by atoms with Crippen molar-refractivity contribution in [1.29, 1.82) is 0 Å². The summed E-state index contributed by atoms with van der Waals surface area (Å²) in [4.78, 5) is 12.4. The third kappa shape index (κ3) is 4.66. The summed E-state index contributed by atoms with van der Waals surface area (Å²) >= 11 is 6.01. The van der Waals surface area contributed by atoms with Gasteiger partial charge >= 0.3 is 6.03 Å². The Morgan fingerprint density at radius 3 is 2.41 bits per heavy atom. The lowest BCUT2D eigenvalue weighted by molar-refractivity contribution is 0.251. The number of carbonyl (C=O) groups is 1. The summed E-state index contributed by atoms with van der Waals surface area (Å²) in [5.41, 5.74) is 4.74. The second-order valence-electron chi connectivity index (χ2n) is 6.58. The number of anilines is 1. The van der Waals surface area contributed by atoms with Crippen molar-refractivity contribution in [3.8, 4) is 17.2 Å². The van der Waals surface area contributed by atoms with Gasteiger partial charge in [0.2, 0.25) is 0 Å². The fourth-order valence-corrected chi connectivity index (χ4v) is 3.43. The highest BCUT2D eigenvalue weighted by molar-refractivity contribution is 6.31. The Hall–Kier alpha value is -3.12. The van der Waals surface area contributed by atoms with Gasteiger partial charge in [-0.3, -0.25) is 0 Å². The maximum absolute atomic E-state index is 12.4. The summed E-state index contributed by atoms with van der Waals surface area (Å²) < 4.78 is 12.6. The van der Waals surface area contributed by atoms with Crippen molar-refractivity contribution < 1.29 is 14.3 Å². The van der Waals surface area contributed by atoms with Crippen molar-refractivity contribution in [3.05, 3.63) is 70.5 Å². The first-order chi connectivity index (χ1) is 13.9. The number of hydrogen-bond donors (Lipinski definition) is 2. The van der Waals surface area contributed by atoms with E-state index in [4.69, 9.17) is 21.1 Å². The zero-order valence-electron chi connectivity index (χ0n) is 16.9. The first kappa shape index (κ1) is 20.6. The van der Waals surface area contributed by atoms with Gasteiger partial charge in [-0.2, -0.15) is 0 Å². The maximum atomic E-state index is 12.4. The lowest BCUT2D eigenvalue weighted by atomic mass is 10.2. The third-order valence-electron chi connectivity index (χ3n) is 4.72. The molecule has 0 spiro atoms. The van der Waals surface area contributed by atoms with Crippen LogP contribution in [0.2, 0.25) is 5.02 Å². The highest BCUT2D eigenvalue weighted by Crippen LogP contribution is 2.27. The van der Waals surface area contributed by atoms with Crippen LogP contribution < -0.4 is 20.1 Å². The Morgan fingerprint density at radius 1 is 1.03 bits per heavy atom. The van der Waals surface area contributed by atoms with Crippen LogP contribution in [0.4, 0.5) is 10.5 Å². The molecule has 0 unspecified atom stereocenters. The molecule has 1 heterocycles. The molecular weight excluding hydrogens is 390 g/mol. The molecule has 1 aromatic heterocycles. The highest BCUT2D eigenvalue weighted by atomic mass is 35.5. The average molecular weight is 414 g/mol. The van der Waals surface area contributed by atoms with E-state index in [2.05, 4.69) is 21.3 Å². The van der Waals surface area contributed by atoms with Gasteiger partial charge in [-0.25, -0.2) is 4.79 Å². The molecule has 6 nitrogen and oxygen atoms in total. The van der Waals surface area contributed by atoms with Gasteiger partial charge in [0, 0.05) is 28.6 Å². The molecule has 2 aromatic carbocycles. The quantitative estimate of drug-likeness (QED) is 0.591. The molecule has 0 bridgehead atoms. The molecule has 0 atom stereocenters. The largest absolute Gasteiger partial charge is 0.497 e. The van der Waals surface area contributed by atoms with Crippen LogP contribution in [0, 0.1) is 13.8 Å². The zero-order chi connectivity index (χ0) is 21.0. The van der Waals surface area contributed by atoms with Crippen LogP contribution in [0.5, 0.6) is 11.5 Å². The van der Waals surface area contributed by atoms with E-state index in [0.717, 1.165) is 28.4 Å². The number of aromatic nitrogens is 1. The molecule has 0 aliphatic rings. The second-order valence-corrected chi connectivity index (χ2v) is 7.02. The number of nitrogens with one attached hydrogen (secondary N) is 2. The van der Waals surface area contributed by atoms with E-state index in [0.29, 0.717) is 23.0 Å². The second kappa shape index (κ2) is 8.92. The number of aryl methyl sites for hydroxylation is 1. The zero-order valence-corrected chi connectivity index (χ0v) is 17.6. The van der Waals surface area contributed by atoms with Gasteiger partial charge in [-0.15, -0.1) is 0 Å². The summed E-state index contributed by atoms with van der Waals surface area (Å²) in [6.45, 7) is 4.47. The summed E-state index contributed by atoms with van der Waals surface area (Å²) in [5.74, 6) is 1.36. The first-order valence-electron chi connectivity index (χ1n) is 9.13. The molecule has 7 heteroatoms. The SMILES string of the molecule is COc1ccc(-n2c(C)cc(CNC(=O)Nc3cc(Cl)ccc3OC)c2C)cc1. The Balaban J connectivity index is 1.71. The van der Waals surface area contributed by atoms with E-state index in [1.54, 1.807) is 32.4 Å². The maximum Gasteiger partial charge on any atom is 0.319 e. The molecule has 2 N–H and O–H groups in total. The first-order valence-corrected chi connectivity index (χ1v) is 9.51. The van der Waals surface area contributed by atoms with Crippen LogP contribution in [0.1, 0.15) is 17.0 Å². The number of methoxy groups -OCH3 is 2. The predicted molar refractivity (Wildman–Crippen MR) is 116 cm³/mol. The molecule has 29 heavy (non-hydrogen) atoms. The van der Waals surface area contributed by atoms with Crippen molar-refractivity contribution in [2.24, 2.45) is 0 Å². The third-order valence-corrected chi connectivity index (χ3v) is 4.95. The summed E-state index contributed by atoms with van der Waals surface area (Å²) in [5, 5.41) is 6.18. The molecule has 0 saturated carbocycles. The minimum absolute atomic E-state index is 0.334. The van der Waals surface area contributed by atoms with Gasteiger partial charge in [-0.1, -0.05) is 11.6 Å². The molecule has 0 aliphatic carbocycles. The number of hydrogen-bond acceptors (Lipinski definition) is 3. The smallest absolute Gasteiger partial charge is 0.319 e. The number of rotatable bonds is 6. The predicted octanol–water partition coefficient (Wildman–Crippen LogP) is 5.09. The van der Waals surface area contributed by atoms with E-state index in [9.17, 15) is 4.79 Å². The minimum Gasteiger partial charge on any atom is -0.497 e. The highest BCUT2D eigenvalue weighted by Gasteiger charge is 2.13. The molecule has 152 valence electrons. The number of carbonyl (C=O) groups excluding carboxylic acids is 1. The number of halogens is 1. The van der Waals surface area contributed by atoms with Crippen LogP contribution in [0.25, 0.3) is 5.69 Å². The van der Waals surface area contributed by atoms with Crippen molar-refractivity contribution in [3.63, 3.8) is 0 Å². The van der Waals surface area contributed by atoms with Crippen LogP contribution in [0.15, 0.2) is 48.5 Å². The van der Waals surface area contributed by atoms with E-state index in [1.807, 2.05) is 38.1 Å². The lowest BCUT2D eigenvalue weighted by Gasteiger charge is -2.12. The summed E-state index contributed by atoms with van der Waals surface area (Å²) in [7, 11) is 3.19. The number of amides is 2. The van der Waals surface area contributed by atoms with Gasteiger partial charge < -0.3 is 24.7 Å². The molecule has 0 saturated heterocycles. The molecule has 0 aliphatic heterocycles. The Morgan fingerprint density at radius 2 is 1.76 bits per heavy atom. The van der Waals surface area contributed by atoms with E-state index < -0.39 is 0 Å². The standard InChI is InChI=1S/C22H24ClN3O3/c1-14-11-16(15(2)26(14)18-6-8-19(28-3)9-7-18)13-24-22(27)25-20-12-17(23)5-10-21(20)29-4/h5-12H,13H2,1-4H3,(H2,24,25,27). The molecule has 0 fully saturated rings. The Bertz CT molecular complexity index is 1010. The normalized spacial score (nSPS) is 10.5. The van der Waals surface area contributed by atoms with Gasteiger partial charge in [-0.05, 0) is 67.9 Å². The molecule has 2 amide bonds. The van der Waals surface area contributed by atoms with Gasteiger partial charge in [0.1, 0.15) is 11.5 Å². The van der Waals surface area contributed by atoms with Crippen molar-refractivity contribution in [2.45, 2.75) is 20.4 Å². The number of benzene rings is 2. The van der Waals surface area contributed by atoms with Crippen LogP contribution in [-0.4, -0.2) is 24.8 Å². The fourth-order valence-electron chi connectivity index (χ4n) is 3.26. The topological polar surface area (TPSA) is 64.5 Å². The Kier molecular flexibility index (Phi) is 6.34. The molecular formula is C22H24ClN3O3. The average Bonchev–Trinajstić information content (AvgIpc) is 3.00. The number of ether oxygens (including phenoxy) is 2. The molecule has 3 rings (SSSR count). The van der Waals surface area contributed by atoms with Crippen molar-refractivity contribution >= 4 is 23.3 Å². The van der Waals surface area contributed by atoms with Crippen LogP contribution >= 0.6 is 11.6 Å². The van der Waals surface area contributed by atoms with Gasteiger partial charge in [0.15, 0.2) is 0 Å². The summed E-state index contributed by atoms with van der Waals surface area (Å²) in [6.07, 6.45) is 0. The number of nitrogens with zero attached hydrogens (tertiary/aromatic N) is 1. The monoisotopic (exact) mass is 413 g/mol. The molecule has 3 aromatic rings. The van der Waals surface area contributed by atoms with E-state index in [-0.39, 0.29) is 6.03 Å². The van der Waals surface area contributed by atoms with Crippen molar-refractivity contribution in [2.75, 3.05) is 19.5 Å². The fraction of sp³-hybridized carbons (Fsp3) is 0.227. The van der Waals surface area contributed by atoms with Crippen molar-refractivity contribution in [1.82, 2.24) is 9.88 Å². The lowest BCUT2D eigenvalue weighted by Crippen LogP contribution is -2.28. The van der Waals surface area contributed by atoms with Crippen LogP contribution in [0.3, 0.4) is 0 Å². The number of urea groups is 1. The van der Waals surface area contributed by atoms with Crippen LogP contribution in [-0.2, 0) is 6.54 Å². The Labute approximate surface area is 175 Å². The summed E-state index contributed by atoms with van der Waals surface area (Å²) in [6, 6.07) is 14.7. The van der Waals surface area contributed by atoms with E-state index >= 15 is 0 Å². The van der Waals surface area contributed by atoms with E-state index in [1.165, 1.54) is 0 Å². The minimum atomic E-state index is -0.334.